The van der Waals surface area contributed by atoms with Crippen molar-refractivity contribution in [1.82, 2.24) is 15.3 Å². The number of anilines is 1. The van der Waals surface area contributed by atoms with Gasteiger partial charge in [-0.15, -0.1) is 0 Å². The van der Waals surface area contributed by atoms with E-state index in [2.05, 4.69) is 20.6 Å². The highest BCUT2D eigenvalue weighted by Crippen LogP contribution is 2.12. The average molecular weight is 314 g/mol. The lowest BCUT2D eigenvalue weighted by Gasteiger charge is -2.10. The van der Waals surface area contributed by atoms with Gasteiger partial charge in [0.25, 0.3) is 5.91 Å². The SMILES string of the molecule is COCCNc1ncc(C(=O)NC2CCS(=O)(=O)C2)cn1. The molecule has 1 aliphatic heterocycles. The molecule has 2 N–H and O–H groups in total. The molecule has 0 saturated carbocycles. The van der Waals surface area contributed by atoms with Crippen LogP contribution in [0.5, 0.6) is 0 Å². The summed E-state index contributed by atoms with van der Waals surface area (Å²) in [6.07, 6.45) is 3.26. The van der Waals surface area contributed by atoms with Crippen LogP contribution in [0.3, 0.4) is 0 Å². The Labute approximate surface area is 123 Å². The summed E-state index contributed by atoms with van der Waals surface area (Å²) >= 11 is 0. The van der Waals surface area contributed by atoms with Crippen LogP contribution in [-0.4, -0.2) is 62.1 Å². The van der Waals surface area contributed by atoms with E-state index in [1.807, 2.05) is 0 Å². The molecule has 0 aromatic carbocycles. The second kappa shape index (κ2) is 6.81. The Morgan fingerprint density at radius 1 is 1.43 bits per heavy atom. The van der Waals surface area contributed by atoms with Crippen LogP contribution < -0.4 is 10.6 Å². The molecule has 0 spiro atoms. The van der Waals surface area contributed by atoms with Crippen LogP contribution in [0.2, 0.25) is 0 Å². The second-order valence-corrected chi connectivity index (χ2v) is 7.02. The predicted octanol–water partition coefficient (Wildman–Crippen LogP) is -0.548. The number of carbonyl (C=O) groups excluding carboxylic acids is 1. The molecule has 1 aromatic heterocycles. The largest absolute Gasteiger partial charge is 0.383 e. The van der Waals surface area contributed by atoms with Gasteiger partial charge in [-0.1, -0.05) is 0 Å². The van der Waals surface area contributed by atoms with Crippen molar-refractivity contribution in [2.45, 2.75) is 12.5 Å². The molecule has 8 nitrogen and oxygen atoms in total. The smallest absolute Gasteiger partial charge is 0.254 e. The quantitative estimate of drug-likeness (QED) is 0.678. The number of hydrogen-bond acceptors (Lipinski definition) is 7. The number of nitrogens with zero attached hydrogens (tertiary/aromatic N) is 2. The first-order valence-corrected chi connectivity index (χ1v) is 8.38. The molecule has 1 amide bonds. The Morgan fingerprint density at radius 2 is 2.14 bits per heavy atom. The van der Waals surface area contributed by atoms with Gasteiger partial charge >= 0.3 is 0 Å². The third-order valence-corrected chi connectivity index (χ3v) is 4.84. The van der Waals surface area contributed by atoms with E-state index >= 15 is 0 Å². The van der Waals surface area contributed by atoms with E-state index in [4.69, 9.17) is 4.74 Å². The molecule has 9 heteroatoms. The maximum Gasteiger partial charge on any atom is 0.254 e. The molecule has 2 rings (SSSR count). The minimum Gasteiger partial charge on any atom is -0.383 e. The zero-order valence-electron chi connectivity index (χ0n) is 11.7. The second-order valence-electron chi connectivity index (χ2n) is 4.79. The van der Waals surface area contributed by atoms with Crippen LogP contribution >= 0.6 is 0 Å². The summed E-state index contributed by atoms with van der Waals surface area (Å²) in [6, 6.07) is -0.331. The zero-order chi connectivity index (χ0) is 15.3. The van der Waals surface area contributed by atoms with E-state index in [9.17, 15) is 13.2 Å². The topological polar surface area (TPSA) is 110 Å². The zero-order valence-corrected chi connectivity index (χ0v) is 12.5. The van der Waals surface area contributed by atoms with Crippen LogP contribution in [-0.2, 0) is 14.6 Å². The van der Waals surface area contributed by atoms with Gasteiger partial charge in [0.15, 0.2) is 9.84 Å². The lowest BCUT2D eigenvalue weighted by atomic mass is 10.2. The molecule has 21 heavy (non-hydrogen) atoms. The normalized spacial score (nSPS) is 20.1. The van der Waals surface area contributed by atoms with Crippen molar-refractivity contribution in [3.8, 4) is 0 Å². The van der Waals surface area contributed by atoms with Crippen molar-refractivity contribution in [1.29, 1.82) is 0 Å². The van der Waals surface area contributed by atoms with Crippen molar-refractivity contribution in [2.24, 2.45) is 0 Å². The number of sulfone groups is 1. The van der Waals surface area contributed by atoms with Crippen LogP contribution in [0.1, 0.15) is 16.8 Å². The summed E-state index contributed by atoms with van der Waals surface area (Å²) in [5.41, 5.74) is 0.302. The number of carbonyl (C=O) groups is 1. The van der Waals surface area contributed by atoms with Crippen molar-refractivity contribution in [3.63, 3.8) is 0 Å². The van der Waals surface area contributed by atoms with Gasteiger partial charge in [0, 0.05) is 32.1 Å². The maximum absolute atomic E-state index is 12.0. The van der Waals surface area contributed by atoms with Gasteiger partial charge in [0.1, 0.15) is 0 Å². The van der Waals surface area contributed by atoms with Gasteiger partial charge in [0.2, 0.25) is 5.95 Å². The highest BCUT2D eigenvalue weighted by molar-refractivity contribution is 7.91. The molecule has 0 aliphatic carbocycles. The van der Waals surface area contributed by atoms with Crippen LogP contribution in [0.4, 0.5) is 5.95 Å². The van der Waals surface area contributed by atoms with E-state index in [-0.39, 0.29) is 23.5 Å². The number of rotatable bonds is 6. The first kappa shape index (κ1) is 15.6. The van der Waals surface area contributed by atoms with Crippen LogP contribution in [0.15, 0.2) is 12.4 Å². The van der Waals surface area contributed by atoms with Gasteiger partial charge in [-0.2, -0.15) is 0 Å². The van der Waals surface area contributed by atoms with Crippen LogP contribution in [0, 0.1) is 0 Å². The summed E-state index contributed by atoms with van der Waals surface area (Å²) in [5.74, 6) is 0.167. The highest BCUT2D eigenvalue weighted by Gasteiger charge is 2.29. The molecule has 1 fully saturated rings. The molecule has 116 valence electrons. The minimum absolute atomic E-state index is 0.00372. The van der Waals surface area contributed by atoms with Crippen molar-refractivity contribution < 1.29 is 17.9 Å². The third-order valence-electron chi connectivity index (χ3n) is 3.07. The molecule has 0 radical (unpaired) electrons. The Hall–Kier alpha value is -1.74. The Balaban J connectivity index is 1.88. The molecule has 2 heterocycles. The van der Waals surface area contributed by atoms with E-state index in [0.717, 1.165) is 0 Å². The summed E-state index contributed by atoms with van der Waals surface area (Å²) in [7, 11) is -1.41. The van der Waals surface area contributed by atoms with E-state index in [1.54, 1.807) is 7.11 Å². The van der Waals surface area contributed by atoms with E-state index in [0.29, 0.717) is 31.1 Å². The van der Waals surface area contributed by atoms with Crippen molar-refractivity contribution in [2.75, 3.05) is 37.1 Å². The van der Waals surface area contributed by atoms with Crippen LogP contribution in [0.25, 0.3) is 0 Å². The maximum atomic E-state index is 12.0. The Bertz CT molecular complexity index is 588. The average Bonchev–Trinajstić information content (AvgIpc) is 2.79. The summed E-state index contributed by atoms with van der Waals surface area (Å²) < 4.78 is 27.6. The number of amides is 1. The standard InChI is InChI=1S/C12H18N4O4S/c1-20-4-3-13-12-14-6-9(7-15-12)11(17)16-10-2-5-21(18,19)8-10/h6-7,10H,2-5,8H2,1H3,(H,16,17)(H,13,14,15). The van der Waals surface area contributed by atoms with Crippen molar-refractivity contribution >= 4 is 21.7 Å². The minimum atomic E-state index is -3.01. The van der Waals surface area contributed by atoms with Gasteiger partial charge < -0.3 is 15.4 Å². The monoisotopic (exact) mass is 314 g/mol. The summed E-state index contributed by atoms with van der Waals surface area (Å²) in [4.78, 5) is 20.0. The molecule has 1 unspecified atom stereocenters. The lowest BCUT2D eigenvalue weighted by Crippen LogP contribution is -2.35. The van der Waals surface area contributed by atoms with Gasteiger partial charge in [-0.3, -0.25) is 4.79 Å². The fourth-order valence-electron chi connectivity index (χ4n) is 1.98. The summed E-state index contributed by atoms with van der Waals surface area (Å²) in [5, 5.41) is 5.62. The first-order chi connectivity index (χ1) is 10.00. The molecular weight excluding hydrogens is 296 g/mol. The molecule has 1 saturated heterocycles. The van der Waals surface area contributed by atoms with Gasteiger partial charge in [-0.05, 0) is 6.42 Å². The van der Waals surface area contributed by atoms with Gasteiger partial charge in [0.05, 0.1) is 23.7 Å². The van der Waals surface area contributed by atoms with E-state index in [1.165, 1.54) is 12.4 Å². The molecule has 1 aromatic rings. The fourth-order valence-corrected chi connectivity index (χ4v) is 3.65. The first-order valence-electron chi connectivity index (χ1n) is 6.56. The number of hydrogen-bond donors (Lipinski definition) is 2. The third kappa shape index (κ3) is 4.64. The number of methoxy groups -OCH3 is 1. The molecule has 0 bridgehead atoms. The van der Waals surface area contributed by atoms with Crippen molar-refractivity contribution in [3.05, 3.63) is 18.0 Å². The van der Waals surface area contributed by atoms with Gasteiger partial charge in [-0.25, -0.2) is 18.4 Å². The predicted molar refractivity (Wildman–Crippen MR) is 76.9 cm³/mol. The van der Waals surface area contributed by atoms with E-state index < -0.39 is 9.84 Å². The highest BCUT2D eigenvalue weighted by atomic mass is 32.2. The molecular formula is C12H18N4O4S. The molecule has 1 atom stereocenters. The Kier molecular flexibility index (Phi) is 5.07. The number of nitrogens with one attached hydrogen (secondary N) is 2. The Morgan fingerprint density at radius 3 is 2.71 bits per heavy atom. The lowest BCUT2D eigenvalue weighted by molar-refractivity contribution is 0.0940. The fraction of sp³-hybridized carbons (Fsp3) is 0.583. The summed E-state index contributed by atoms with van der Waals surface area (Å²) in [6.45, 7) is 1.10. The number of aromatic nitrogens is 2. The number of ether oxygens (including phenoxy) is 1. The molecule has 1 aliphatic rings.